The molecule has 104 valence electrons. The van der Waals surface area contributed by atoms with Crippen LogP contribution in [-0.4, -0.2) is 31.9 Å². The summed E-state index contributed by atoms with van der Waals surface area (Å²) in [6, 6.07) is 11.1. The summed E-state index contributed by atoms with van der Waals surface area (Å²) >= 11 is 1.49. The highest BCUT2D eigenvalue weighted by molar-refractivity contribution is 7.99. The molecule has 0 aliphatic heterocycles. The van der Waals surface area contributed by atoms with E-state index in [4.69, 9.17) is 10.00 Å². The number of fused-ring (bicyclic) bond motifs is 1. The third-order valence-electron chi connectivity index (χ3n) is 2.68. The lowest BCUT2D eigenvalue weighted by Gasteiger charge is -2.06. The summed E-state index contributed by atoms with van der Waals surface area (Å²) in [6.45, 7) is 0.479. The number of nitrogens with zero attached hydrogens (tertiary/aromatic N) is 5. The smallest absolute Gasteiger partial charge is 0.253 e. The summed E-state index contributed by atoms with van der Waals surface area (Å²) in [4.78, 5) is 8.40. The third kappa shape index (κ3) is 3.12. The first kappa shape index (κ1) is 13.4. The number of hydrogen-bond acceptors (Lipinski definition) is 6. The largest absolute Gasteiger partial charge is 0.491 e. The average Bonchev–Trinajstić information content (AvgIpc) is 2.94. The Balaban J connectivity index is 1.55. The van der Waals surface area contributed by atoms with Crippen molar-refractivity contribution in [3.63, 3.8) is 0 Å². The first-order valence-corrected chi connectivity index (χ1v) is 7.27. The summed E-state index contributed by atoms with van der Waals surface area (Å²) in [6.07, 6.45) is 3.49. The van der Waals surface area contributed by atoms with Crippen molar-refractivity contribution in [2.75, 3.05) is 12.4 Å². The molecule has 2 heterocycles. The van der Waals surface area contributed by atoms with E-state index in [1.54, 1.807) is 35.1 Å². The third-order valence-corrected chi connectivity index (χ3v) is 3.48. The van der Waals surface area contributed by atoms with Crippen LogP contribution in [-0.2, 0) is 0 Å². The molecule has 0 amide bonds. The monoisotopic (exact) mass is 297 g/mol. The number of benzene rings is 1. The van der Waals surface area contributed by atoms with Crippen LogP contribution in [0.5, 0.6) is 5.75 Å². The minimum Gasteiger partial charge on any atom is -0.491 e. The number of para-hydroxylation sites is 1. The van der Waals surface area contributed by atoms with Crippen LogP contribution >= 0.6 is 11.8 Å². The van der Waals surface area contributed by atoms with Gasteiger partial charge in [-0.1, -0.05) is 23.9 Å². The predicted molar refractivity (Wildman–Crippen MR) is 78.2 cm³/mol. The molecule has 21 heavy (non-hydrogen) atoms. The SMILES string of the molecule is N#Cc1ccccc1OCCSc1nc2ncccn2n1. The fourth-order valence-corrected chi connectivity index (χ4v) is 2.39. The Labute approximate surface area is 125 Å². The Hall–Kier alpha value is -2.59. The van der Waals surface area contributed by atoms with Crippen molar-refractivity contribution in [1.82, 2.24) is 19.6 Å². The number of hydrogen-bond donors (Lipinski definition) is 0. The lowest BCUT2D eigenvalue weighted by atomic mass is 10.2. The normalized spacial score (nSPS) is 10.4. The molecule has 1 aromatic carbocycles. The van der Waals surface area contributed by atoms with E-state index < -0.39 is 0 Å². The van der Waals surface area contributed by atoms with Crippen LogP contribution in [0.4, 0.5) is 0 Å². The molecule has 0 aliphatic carbocycles. The highest BCUT2D eigenvalue weighted by Gasteiger charge is 2.05. The number of nitriles is 1. The Morgan fingerprint density at radius 2 is 2.19 bits per heavy atom. The lowest BCUT2D eigenvalue weighted by Crippen LogP contribution is -2.01. The minimum absolute atomic E-state index is 0.479. The second kappa shape index (κ2) is 6.24. The molecular weight excluding hydrogens is 286 g/mol. The summed E-state index contributed by atoms with van der Waals surface area (Å²) in [5.74, 6) is 1.87. The predicted octanol–water partition coefficient (Wildman–Crippen LogP) is 2.17. The van der Waals surface area contributed by atoms with Gasteiger partial charge in [-0.25, -0.2) is 9.50 Å². The van der Waals surface area contributed by atoms with E-state index in [2.05, 4.69) is 21.1 Å². The van der Waals surface area contributed by atoms with E-state index in [-0.39, 0.29) is 0 Å². The molecule has 3 aromatic rings. The van der Waals surface area contributed by atoms with Gasteiger partial charge in [0.25, 0.3) is 5.78 Å². The maximum Gasteiger partial charge on any atom is 0.253 e. The first-order valence-electron chi connectivity index (χ1n) is 6.29. The highest BCUT2D eigenvalue weighted by atomic mass is 32.2. The fraction of sp³-hybridized carbons (Fsp3) is 0.143. The highest BCUT2D eigenvalue weighted by Crippen LogP contribution is 2.18. The van der Waals surface area contributed by atoms with Crippen molar-refractivity contribution < 1.29 is 4.74 Å². The molecule has 0 unspecified atom stereocenters. The topological polar surface area (TPSA) is 76.1 Å². The van der Waals surface area contributed by atoms with E-state index in [0.29, 0.717) is 34.6 Å². The quantitative estimate of drug-likeness (QED) is 0.530. The van der Waals surface area contributed by atoms with Gasteiger partial charge < -0.3 is 4.74 Å². The zero-order valence-electron chi connectivity index (χ0n) is 11.0. The summed E-state index contributed by atoms with van der Waals surface area (Å²) in [7, 11) is 0. The van der Waals surface area contributed by atoms with Crippen LogP contribution in [0.2, 0.25) is 0 Å². The molecule has 0 saturated carbocycles. The van der Waals surface area contributed by atoms with E-state index in [1.165, 1.54) is 11.8 Å². The van der Waals surface area contributed by atoms with Crippen molar-refractivity contribution in [2.45, 2.75) is 5.16 Å². The van der Waals surface area contributed by atoms with Crippen molar-refractivity contribution in [3.05, 3.63) is 48.3 Å². The van der Waals surface area contributed by atoms with Gasteiger partial charge in [0.1, 0.15) is 11.8 Å². The number of thioether (sulfide) groups is 1. The van der Waals surface area contributed by atoms with Crippen LogP contribution in [0.15, 0.2) is 47.9 Å². The maximum absolute atomic E-state index is 8.97. The van der Waals surface area contributed by atoms with Gasteiger partial charge in [-0.05, 0) is 18.2 Å². The number of rotatable bonds is 5. The molecule has 0 N–H and O–H groups in total. The van der Waals surface area contributed by atoms with Crippen molar-refractivity contribution in [3.8, 4) is 11.8 Å². The molecule has 0 bridgehead atoms. The van der Waals surface area contributed by atoms with E-state index in [1.807, 2.05) is 12.1 Å². The second-order valence-corrected chi connectivity index (χ2v) is 5.13. The Bertz CT molecular complexity index is 762. The Morgan fingerprint density at radius 1 is 1.29 bits per heavy atom. The van der Waals surface area contributed by atoms with E-state index >= 15 is 0 Å². The van der Waals surface area contributed by atoms with Crippen molar-refractivity contribution >= 4 is 17.5 Å². The van der Waals surface area contributed by atoms with Crippen LogP contribution < -0.4 is 4.74 Å². The van der Waals surface area contributed by atoms with Crippen molar-refractivity contribution in [1.29, 1.82) is 5.26 Å². The van der Waals surface area contributed by atoms with Crippen LogP contribution in [0.25, 0.3) is 5.78 Å². The Morgan fingerprint density at radius 3 is 3.05 bits per heavy atom. The van der Waals surface area contributed by atoms with Gasteiger partial charge in [-0.3, -0.25) is 0 Å². The average molecular weight is 297 g/mol. The zero-order valence-corrected chi connectivity index (χ0v) is 11.8. The van der Waals surface area contributed by atoms with Gasteiger partial charge in [0.15, 0.2) is 0 Å². The van der Waals surface area contributed by atoms with Crippen molar-refractivity contribution in [2.24, 2.45) is 0 Å². The molecule has 3 rings (SSSR count). The molecule has 0 spiro atoms. The maximum atomic E-state index is 8.97. The standard InChI is InChI=1S/C14H11N5OS/c15-10-11-4-1-2-5-12(11)20-8-9-21-14-17-13-16-6-3-7-19(13)18-14/h1-7H,8-9H2. The van der Waals surface area contributed by atoms with Crippen LogP contribution in [0, 0.1) is 11.3 Å². The van der Waals surface area contributed by atoms with Gasteiger partial charge in [0.05, 0.1) is 12.2 Å². The lowest BCUT2D eigenvalue weighted by molar-refractivity contribution is 0.343. The molecular formula is C14H11N5OS. The molecule has 6 nitrogen and oxygen atoms in total. The second-order valence-electron chi connectivity index (χ2n) is 4.06. The summed E-state index contributed by atoms with van der Waals surface area (Å²) in [5.41, 5.74) is 0.539. The molecule has 0 fully saturated rings. The van der Waals surface area contributed by atoms with Crippen LogP contribution in [0.1, 0.15) is 5.56 Å². The zero-order chi connectivity index (χ0) is 14.5. The van der Waals surface area contributed by atoms with Gasteiger partial charge >= 0.3 is 0 Å². The van der Waals surface area contributed by atoms with Crippen LogP contribution in [0.3, 0.4) is 0 Å². The molecule has 2 aromatic heterocycles. The van der Waals surface area contributed by atoms with Gasteiger partial charge in [-0.2, -0.15) is 10.2 Å². The molecule has 0 saturated heterocycles. The molecule has 0 atom stereocenters. The summed E-state index contributed by atoms with van der Waals surface area (Å²) < 4.78 is 7.24. The van der Waals surface area contributed by atoms with Gasteiger partial charge in [0, 0.05) is 18.1 Å². The molecule has 7 heteroatoms. The molecule has 0 aliphatic rings. The van der Waals surface area contributed by atoms with Gasteiger partial charge in [0.2, 0.25) is 5.16 Å². The summed E-state index contributed by atoms with van der Waals surface area (Å²) in [5, 5.41) is 13.9. The number of ether oxygens (including phenoxy) is 1. The number of aromatic nitrogens is 4. The fourth-order valence-electron chi connectivity index (χ4n) is 1.74. The first-order chi connectivity index (χ1) is 10.4. The van der Waals surface area contributed by atoms with Gasteiger partial charge in [-0.15, -0.1) is 5.10 Å². The minimum atomic E-state index is 0.479. The van der Waals surface area contributed by atoms with E-state index in [9.17, 15) is 0 Å². The van der Waals surface area contributed by atoms with E-state index in [0.717, 1.165) is 0 Å². The molecule has 0 radical (unpaired) electrons. The Kier molecular flexibility index (Phi) is 3.98.